The summed E-state index contributed by atoms with van der Waals surface area (Å²) in [5.41, 5.74) is 2.74. The third kappa shape index (κ3) is 3.36. The monoisotopic (exact) mass is 381 g/mol. The minimum absolute atomic E-state index is 0.300. The van der Waals surface area contributed by atoms with Crippen LogP contribution in [0.1, 0.15) is 0 Å². The lowest BCUT2D eigenvalue weighted by Gasteiger charge is -2.32. The molecule has 0 fully saturated rings. The average Bonchev–Trinajstić information content (AvgIpc) is 2.67. The number of fused-ring (bicyclic) bond motifs is 2. The molecular formula is C20H16ClN3OS. The van der Waals surface area contributed by atoms with Gasteiger partial charge in [-0.25, -0.2) is 4.79 Å². The molecule has 3 aromatic rings. The quantitative estimate of drug-likeness (QED) is 0.609. The number of benzene rings is 3. The van der Waals surface area contributed by atoms with Crippen molar-refractivity contribution in [2.75, 3.05) is 16.9 Å². The fourth-order valence-corrected chi connectivity index (χ4v) is 4.11. The summed E-state index contributed by atoms with van der Waals surface area (Å²) in [5, 5.41) is 6.21. The maximum absolute atomic E-state index is 12.3. The smallest absolute Gasteiger partial charge is 0.320 e. The van der Waals surface area contributed by atoms with Crippen molar-refractivity contribution in [2.45, 2.75) is 9.79 Å². The largest absolute Gasteiger partial charge is 0.321 e. The van der Waals surface area contributed by atoms with Gasteiger partial charge in [0.1, 0.15) is 0 Å². The summed E-state index contributed by atoms with van der Waals surface area (Å²) in [5.74, 6) is 0. The molecule has 4 rings (SSSR count). The fraction of sp³-hybridized carbons (Fsp3) is 0.0500. The molecule has 1 aliphatic heterocycles. The van der Waals surface area contributed by atoms with Crippen molar-refractivity contribution in [2.24, 2.45) is 0 Å². The molecule has 0 saturated heterocycles. The molecule has 2 amide bonds. The van der Waals surface area contributed by atoms with Gasteiger partial charge in [-0.2, -0.15) is 0 Å². The van der Waals surface area contributed by atoms with Gasteiger partial charge in [-0.3, -0.25) is 0 Å². The van der Waals surface area contributed by atoms with Gasteiger partial charge < -0.3 is 15.5 Å². The minimum atomic E-state index is -0.300. The molecule has 0 radical (unpaired) electrons. The number of halogens is 1. The molecule has 0 unspecified atom stereocenters. The van der Waals surface area contributed by atoms with Crippen molar-refractivity contribution in [3.8, 4) is 0 Å². The predicted octanol–water partition coefficient (Wildman–Crippen LogP) is 5.72. The Morgan fingerprint density at radius 2 is 1.46 bits per heavy atom. The van der Waals surface area contributed by atoms with E-state index in [4.69, 9.17) is 11.6 Å². The summed E-state index contributed by atoms with van der Waals surface area (Å²) >= 11 is 7.83. The summed E-state index contributed by atoms with van der Waals surface area (Å²) in [7, 11) is 0. The van der Waals surface area contributed by atoms with E-state index in [9.17, 15) is 4.79 Å². The number of anilines is 3. The number of carbonyl (C=O) groups excluding carboxylic acids is 1. The second-order valence-corrected chi connectivity index (χ2v) is 7.23. The first-order valence-electron chi connectivity index (χ1n) is 8.15. The van der Waals surface area contributed by atoms with Crippen LogP contribution in [0.2, 0.25) is 5.02 Å². The number of hydrogen-bond donors (Lipinski definition) is 2. The summed E-state index contributed by atoms with van der Waals surface area (Å²) in [6.07, 6.45) is 0. The van der Waals surface area contributed by atoms with Crippen LogP contribution in [0, 0.1) is 0 Å². The number of urea groups is 1. The molecule has 6 heteroatoms. The third-order valence-corrected chi connectivity index (χ3v) is 5.51. The molecule has 0 atom stereocenters. The first-order chi connectivity index (χ1) is 12.7. The Morgan fingerprint density at radius 1 is 0.885 bits per heavy atom. The van der Waals surface area contributed by atoms with Gasteiger partial charge in [0.15, 0.2) is 0 Å². The highest BCUT2D eigenvalue weighted by atomic mass is 35.5. The standard InChI is InChI=1S/C20H16ClN3OS/c21-14-7-1-2-8-15(14)23-20(25)22-13-24-16-9-3-5-11-18(16)26-19-12-6-4-10-17(19)24/h1-12H,13H2,(H2,22,23,25). The Kier molecular flexibility index (Phi) is 4.73. The van der Waals surface area contributed by atoms with E-state index in [-0.39, 0.29) is 6.03 Å². The summed E-state index contributed by atoms with van der Waals surface area (Å²) in [6, 6.07) is 23.2. The van der Waals surface area contributed by atoms with E-state index in [2.05, 4.69) is 39.8 Å². The van der Waals surface area contributed by atoms with Gasteiger partial charge in [-0.15, -0.1) is 0 Å². The zero-order chi connectivity index (χ0) is 17.9. The van der Waals surface area contributed by atoms with Gasteiger partial charge in [0.2, 0.25) is 0 Å². The molecule has 2 N–H and O–H groups in total. The molecule has 0 aliphatic carbocycles. The number of rotatable bonds is 3. The normalized spacial score (nSPS) is 12.1. The molecule has 0 aromatic heterocycles. The van der Waals surface area contributed by atoms with E-state index in [0.29, 0.717) is 17.4 Å². The summed E-state index contributed by atoms with van der Waals surface area (Å²) in [4.78, 5) is 16.8. The van der Waals surface area contributed by atoms with E-state index in [1.165, 1.54) is 9.79 Å². The molecule has 0 saturated carbocycles. The number of nitrogens with zero attached hydrogens (tertiary/aromatic N) is 1. The first kappa shape index (κ1) is 16.8. The molecule has 1 aliphatic rings. The van der Waals surface area contributed by atoms with E-state index in [1.807, 2.05) is 36.4 Å². The van der Waals surface area contributed by atoms with Crippen LogP contribution in [0.4, 0.5) is 21.9 Å². The van der Waals surface area contributed by atoms with Crippen LogP contribution in [0.15, 0.2) is 82.6 Å². The Hall–Kier alpha value is -2.63. The molecule has 4 nitrogen and oxygen atoms in total. The molecular weight excluding hydrogens is 366 g/mol. The molecule has 26 heavy (non-hydrogen) atoms. The molecule has 130 valence electrons. The number of hydrogen-bond acceptors (Lipinski definition) is 3. The van der Waals surface area contributed by atoms with Crippen LogP contribution in [0.25, 0.3) is 0 Å². The zero-order valence-electron chi connectivity index (χ0n) is 13.8. The third-order valence-electron chi connectivity index (χ3n) is 4.05. The Morgan fingerprint density at radius 3 is 2.12 bits per heavy atom. The highest BCUT2D eigenvalue weighted by Crippen LogP contribution is 2.47. The molecule has 0 bridgehead atoms. The van der Waals surface area contributed by atoms with Crippen molar-refractivity contribution in [1.82, 2.24) is 5.32 Å². The lowest BCUT2D eigenvalue weighted by Crippen LogP contribution is -2.38. The van der Waals surface area contributed by atoms with Crippen LogP contribution < -0.4 is 15.5 Å². The lowest BCUT2D eigenvalue weighted by atomic mass is 10.2. The van der Waals surface area contributed by atoms with Gasteiger partial charge in [-0.05, 0) is 36.4 Å². The van der Waals surface area contributed by atoms with E-state index < -0.39 is 0 Å². The molecule has 0 spiro atoms. The van der Waals surface area contributed by atoms with Gasteiger partial charge in [-0.1, -0.05) is 59.8 Å². The van der Waals surface area contributed by atoms with Crippen LogP contribution in [0.3, 0.4) is 0 Å². The fourth-order valence-electron chi connectivity index (χ4n) is 2.83. The second-order valence-electron chi connectivity index (χ2n) is 5.73. The van der Waals surface area contributed by atoms with Crippen LogP contribution in [-0.2, 0) is 0 Å². The highest BCUT2D eigenvalue weighted by Gasteiger charge is 2.22. The van der Waals surface area contributed by atoms with E-state index >= 15 is 0 Å². The zero-order valence-corrected chi connectivity index (χ0v) is 15.3. The number of carbonyl (C=O) groups is 1. The maximum atomic E-state index is 12.3. The Bertz CT molecular complexity index is 918. The highest BCUT2D eigenvalue weighted by molar-refractivity contribution is 7.99. The first-order valence-corrected chi connectivity index (χ1v) is 9.34. The Labute approximate surface area is 161 Å². The minimum Gasteiger partial charge on any atom is -0.321 e. The van der Waals surface area contributed by atoms with E-state index in [1.54, 1.807) is 23.9 Å². The van der Waals surface area contributed by atoms with Crippen molar-refractivity contribution in [3.05, 3.63) is 77.8 Å². The van der Waals surface area contributed by atoms with Crippen molar-refractivity contribution >= 4 is 46.5 Å². The molecule has 1 heterocycles. The average molecular weight is 382 g/mol. The molecule has 3 aromatic carbocycles. The summed E-state index contributed by atoms with van der Waals surface area (Å²) in [6.45, 7) is 0.352. The maximum Gasteiger partial charge on any atom is 0.320 e. The van der Waals surface area contributed by atoms with Crippen molar-refractivity contribution in [3.63, 3.8) is 0 Å². The number of para-hydroxylation sites is 3. The SMILES string of the molecule is O=C(NCN1c2ccccc2Sc2ccccc21)Nc1ccccc1Cl. The van der Waals surface area contributed by atoms with Crippen LogP contribution in [-0.4, -0.2) is 12.7 Å². The van der Waals surface area contributed by atoms with Crippen LogP contribution >= 0.6 is 23.4 Å². The van der Waals surface area contributed by atoms with Crippen molar-refractivity contribution < 1.29 is 4.79 Å². The predicted molar refractivity (Wildman–Crippen MR) is 108 cm³/mol. The second kappa shape index (κ2) is 7.32. The van der Waals surface area contributed by atoms with Crippen molar-refractivity contribution in [1.29, 1.82) is 0 Å². The Balaban J connectivity index is 1.53. The topological polar surface area (TPSA) is 44.4 Å². The van der Waals surface area contributed by atoms with Gasteiger partial charge >= 0.3 is 6.03 Å². The van der Waals surface area contributed by atoms with Gasteiger partial charge in [0.25, 0.3) is 0 Å². The number of amides is 2. The number of nitrogens with one attached hydrogen (secondary N) is 2. The van der Waals surface area contributed by atoms with E-state index in [0.717, 1.165) is 11.4 Å². The van der Waals surface area contributed by atoms with Gasteiger partial charge in [0.05, 0.1) is 28.8 Å². The van der Waals surface area contributed by atoms with Gasteiger partial charge in [0, 0.05) is 9.79 Å². The summed E-state index contributed by atoms with van der Waals surface area (Å²) < 4.78 is 0. The van der Waals surface area contributed by atoms with Crippen LogP contribution in [0.5, 0.6) is 0 Å². The lowest BCUT2D eigenvalue weighted by molar-refractivity contribution is 0.252.